The van der Waals surface area contributed by atoms with Crippen LogP contribution in [0.5, 0.6) is 0 Å². The normalized spacial score (nSPS) is 30.5. The van der Waals surface area contributed by atoms with Crippen molar-refractivity contribution in [3.05, 3.63) is 0 Å². The molecule has 1 N–H and O–H groups in total. The molecule has 0 radical (unpaired) electrons. The Morgan fingerprint density at radius 2 is 1.88 bits per heavy atom. The van der Waals surface area contributed by atoms with E-state index in [0.717, 1.165) is 12.1 Å². The predicted molar refractivity (Wildman–Crippen MR) is 71.3 cm³/mol. The van der Waals surface area contributed by atoms with Gasteiger partial charge in [0.25, 0.3) is 0 Å². The lowest BCUT2D eigenvalue weighted by Crippen LogP contribution is -2.42. The molecule has 2 saturated heterocycles. The highest BCUT2D eigenvalue weighted by molar-refractivity contribution is 4.89. The van der Waals surface area contributed by atoms with Gasteiger partial charge in [0.1, 0.15) is 0 Å². The summed E-state index contributed by atoms with van der Waals surface area (Å²) in [7, 11) is 0. The summed E-state index contributed by atoms with van der Waals surface area (Å²) in [6, 6.07) is 1.72. The highest BCUT2D eigenvalue weighted by atomic mass is 15.2. The molecule has 0 amide bonds. The number of nitrogens with one attached hydrogen (secondary N) is 1. The van der Waals surface area contributed by atoms with Crippen molar-refractivity contribution >= 4 is 0 Å². The molecule has 0 aromatic carbocycles. The van der Waals surface area contributed by atoms with E-state index in [1.807, 2.05) is 0 Å². The van der Waals surface area contributed by atoms with Gasteiger partial charge in [0.05, 0.1) is 0 Å². The molecule has 1 saturated carbocycles. The van der Waals surface area contributed by atoms with Crippen molar-refractivity contribution in [2.24, 2.45) is 0 Å². The van der Waals surface area contributed by atoms with Gasteiger partial charge in [-0.15, -0.1) is 0 Å². The fourth-order valence-corrected chi connectivity index (χ4v) is 3.33. The summed E-state index contributed by atoms with van der Waals surface area (Å²) in [6.07, 6.45) is 8.53. The minimum Gasteiger partial charge on any atom is -0.313 e. The third-order valence-corrected chi connectivity index (χ3v) is 4.58. The van der Waals surface area contributed by atoms with Crippen LogP contribution in [0.1, 0.15) is 38.5 Å². The fraction of sp³-hybridized carbons (Fsp3) is 1.00. The Balaban J connectivity index is 1.42. The van der Waals surface area contributed by atoms with Gasteiger partial charge in [-0.1, -0.05) is 0 Å². The van der Waals surface area contributed by atoms with Gasteiger partial charge in [-0.25, -0.2) is 0 Å². The van der Waals surface area contributed by atoms with Crippen LogP contribution in [-0.2, 0) is 0 Å². The number of hydrogen-bond acceptors (Lipinski definition) is 3. The zero-order valence-corrected chi connectivity index (χ0v) is 11.0. The summed E-state index contributed by atoms with van der Waals surface area (Å²) >= 11 is 0. The number of likely N-dealkylation sites (tertiary alicyclic amines) is 1. The molecule has 1 atom stereocenters. The second-order valence-electron chi connectivity index (χ2n) is 6.07. The van der Waals surface area contributed by atoms with Crippen LogP contribution >= 0.6 is 0 Å². The summed E-state index contributed by atoms with van der Waals surface area (Å²) in [4.78, 5) is 5.42. The molecule has 98 valence electrons. The van der Waals surface area contributed by atoms with E-state index in [4.69, 9.17) is 0 Å². The highest BCUT2D eigenvalue weighted by Crippen LogP contribution is 2.27. The fourth-order valence-electron chi connectivity index (χ4n) is 3.33. The lowest BCUT2D eigenvalue weighted by Gasteiger charge is -2.27. The summed E-state index contributed by atoms with van der Waals surface area (Å²) in [5.41, 5.74) is 0. The molecule has 0 spiro atoms. The third-order valence-electron chi connectivity index (χ3n) is 4.58. The third kappa shape index (κ3) is 3.43. The van der Waals surface area contributed by atoms with Gasteiger partial charge in [0.2, 0.25) is 0 Å². The molecule has 0 bridgehead atoms. The van der Waals surface area contributed by atoms with Crippen LogP contribution < -0.4 is 5.32 Å². The summed E-state index contributed by atoms with van der Waals surface area (Å²) in [5.74, 6) is 0. The molecule has 2 aliphatic heterocycles. The van der Waals surface area contributed by atoms with Gasteiger partial charge < -0.3 is 10.2 Å². The van der Waals surface area contributed by atoms with Crippen molar-refractivity contribution in [3.8, 4) is 0 Å². The van der Waals surface area contributed by atoms with E-state index in [9.17, 15) is 0 Å². The lowest BCUT2D eigenvalue weighted by atomic mass is 10.2. The quantitative estimate of drug-likeness (QED) is 0.751. The van der Waals surface area contributed by atoms with Crippen LogP contribution in [0.3, 0.4) is 0 Å². The first kappa shape index (κ1) is 11.9. The van der Waals surface area contributed by atoms with E-state index in [-0.39, 0.29) is 0 Å². The average Bonchev–Trinajstić information content (AvgIpc) is 2.85. The van der Waals surface area contributed by atoms with Crippen LogP contribution in [0.2, 0.25) is 0 Å². The first-order valence-electron chi connectivity index (χ1n) is 7.61. The molecule has 1 unspecified atom stereocenters. The SMILES string of the molecule is C1CNC(CN(CCN2CCCC2)C2CC2)C1. The first-order valence-corrected chi connectivity index (χ1v) is 7.61. The largest absolute Gasteiger partial charge is 0.313 e. The lowest BCUT2D eigenvalue weighted by molar-refractivity contribution is 0.203. The average molecular weight is 237 g/mol. The first-order chi connectivity index (χ1) is 8.42. The molecule has 3 nitrogen and oxygen atoms in total. The van der Waals surface area contributed by atoms with Crippen LogP contribution in [0, 0.1) is 0 Å². The molecular formula is C14H27N3. The van der Waals surface area contributed by atoms with Crippen molar-refractivity contribution in [1.29, 1.82) is 0 Å². The maximum absolute atomic E-state index is 3.64. The van der Waals surface area contributed by atoms with Crippen molar-refractivity contribution in [2.45, 2.75) is 50.6 Å². The highest BCUT2D eigenvalue weighted by Gasteiger charge is 2.31. The van der Waals surface area contributed by atoms with E-state index in [2.05, 4.69) is 15.1 Å². The Hall–Kier alpha value is -0.120. The standard InChI is InChI=1S/C14H27N3/c1-2-9-16(8-1)10-11-17(14-5-6-14)12-13-4-3-7-15-13/h13-15H,1-12H2. The van der Waals surface area contributed by atoms with Crippen molar-refractivity contribution in [1.82, 2.24) is 15.1 Å². The Labute approximate surface area is 106 Å². The smallest absolute Gasteiger partial charge is 0.0195 e. The van der Waals surface area contributed by atoms with Gasteiger partial charge >= 0.3 is 0 Å². The van der Waals surface area contributed by atoms with Gasteiger partial charge in [-0.2, -0.15) is 0 Å². The molecule has 2 heterocycles. The number of hydrogen-bond donors (Lipinski definition) is 1. The summed E-state index contributed by atoms with van der Waals surface area (Å²) < 4.78 is 0. The van der Waals surface area contributed by atoms with Gasteiger partial charge in [-0.05, 0) is 58.2 Å². The number of nitrogens with zero attached hydrogens (tertiary/aromatic N) is 2. The number of rotatable bonds is 6. The Bertz CT molecular complexity index is 228. The van der Waals surface area contributed by atoms with Gasteiger partial charge in [0, 0.05) is 31.7 Å². The molecular weight excluding hydrogens is 210 g/mol. The molecule has 0 aromatic rings. The van der Waals surface area contributed by atoms with Gasteiger partial charge in [-0.3, -0.25) is 4.90 Å². The molecule has 3 aliphatic rings. The van der Waals surface area contributed by atoms with Gasteiger partial charge in [0.15, 0.2) is 0 Å². The Kier molecular flexibility index (Phi) is 3.99. The van der Waals surface area contributed by atoms with Crippen LogP contribution in [0.15, 0.2) is 0 Å². The van der Waals surface area contributed by atoms with E-state index >= 15 is 0 Å². The predicted octanol–water partition coefficient (Wildman–Crippen LogP) is 1.30. The summed E-state index contributed by atoms with van der Waals surface area (Å²) in [5, 5.41) is 3.64. The maximum atomic E-state index is 3.64. The summed E-state index contributed by atoms with van der Waals surface area (Å²) in [6.45, 7) is 7.86. The molecule has 0 aromatic heterocycles. The zero-order chi connectivity index (χ0) is 11.5. The molecule has 1 aliphatic carbocycles. The van der Waals surface area contributed by atoms with Crippen LogP contribution in [-0.4, -0.2) is 61.2 Å². The molecule has 3 rings (SSSR count). The van der Waals surface area contributed by atoms with Crippen molar-refractivity contribution in [2.75, 3.05) is 39.3 Å². The molecule has 3 heteroatoms. The Morgan fingerprint density at radius 1 is 1.06 bits per heavy atom. The molecule has 3 fully saturated rings. The van der Waals surface area contributed by atoms with Crippen LogP contribution in [0.4, 0.5) is 0 Å². The minimum atomic E-state index is 0.786. The molecule has 17 heavy (non-hydrogen) atoms. The second kappa shape index (κ2) is 5.68. The second-order valence-corrected chi connectivity index (χ2v) is 6.07. The van der Waals surface area contributed by atoms with Crippen molar-refractivity contribution < 1.29 is 0 Å². The van der Waals surface area contributed by atoms with E-state index < -0.39 is 0 Å². The van der Waals surface area contributed by atoms with E-state index in [1.165, 1.54) is 77.8 Å². The van der Waals surface area contributed by atoms with E-state index in [1.54, 1.807) is 0 Å². The van der Waals surface area contributed by atoms with Crippen LogP contribution in [0.25, 0.3) is 0 Å². The maximum Gasteiger partial charge on any atom is 0.0195 e. The Morgan fingerprint density at radius 3 is 2.53 bits per heavy atom. The zero-order valence-electron chi connectivity index (χ0n) is 11.0. The van der Waals surface area contributed by atoms with Crippen molar-refractivity contribution in [3.63, 3.8) is 0 Å². The topological polar surface area (TPSA) is 18.5 Å². The van der Waals surface area contributed by atoms with E-state index in [0.29, 0.717) is 0 Å². The monoisotopic (exact) mass is 237 g/mol. The minimum absolute atomic E-state index is 0.786.